The van der Waals surface area contributed by atoms with Crippen LogP contribution in [0.4, 0.5) is 10.5 Å². The number of aliphatic hydroxyl groups is 1. The van der Waals surface area contributed by atoms with Gasteiger partial charge < -0.3 is 15.6 Å². The fraction of sp³-hybridized carbons (Fsp3) is 0.286. The van der Waals surface area contributed by atoms with Crippen molar-refractivity contribution >= 4 is 11.7 Å². The van der Waals surface area contributed by atoms with Crippen LogP contribution in [0, 0.1) is 11.3 Å². The molecule has 0 aliphatic carbocycles. The summed E-state index contributed by atoms with van der Waals surface area (Å²) in [6, 6.07) is 21.9. The first-order valence-electron chi connectivity index (χ1n) is 11.6. The summed E-state index contributed by atoms with van der Waals surface area (Å²) in [6.45, 7) is 5.95. The Bertz CT molecular complexity index is 1320. The van der Waals surface area contributed by atoms with Gasteiger partial charge in [-0.1, -0.05) is 36.4 Å². The lowest BCUT2D eigenvalue weighted by Gasteiger charge is -2.45. The fourth-order valence-corrected chi connectivity index (χ4v) is 5.10. The predicted octanol–water partition coefficient (Wildman–Crippen LogP) is 4.23. The number of carbonyl (C=O) groups excluding carboxylic acids is 1. The smallest absolute Gasteiger partial charge is 0.319 e. The number of hydrogen-bond donors (Lipinski definition) is 2. The summed E-state index contributed by atoms with van der Waals surface area (Å²) in [5.74, 6) is 0.519. The standard InChI is InChI=1S/C28H28N4O3/c1-28(2)26(33)25(23-12-19(14-29)8-11-24(23)35-28)32(27(30)34)22-10-9-20-16-31(17-21(20)13-22)15-18-6-4-3-5-7-18/h3-13,25-26,33H,15-17H2,1-2H3,(H2,30,34)/t25-,26-/m0/s1. The number of fused-ring (bicyclic) bond motifs is 2. The highest BCUT2D eigenvalue weighted by Gasteiger charge is 2.47. The second-order valence-corrected chi connectivity index (χ2v) is 9.75. The third kappa shape index (κ3) is 4.23. The Balaban J connectivity index is 1.50. The third-order valence-electron chi connectivity index (χ3n) is 6.86. The molecule has 0 aromatic heterocycles. The molecule has 0 saturated carbocycles. The van der Waals surface area contributed by atoms with Crippen LogP contribution in [-0.2, 0) is 19.6 Å². The highest BCUT2D eigenvalue weighted by atomic mass is 16.5. The predicted molar refractivity (Wildman–Crippen MR) is 133 cm³/mol. The number of primary amides is 1. The number of nitrogens with two attached hydrogens (primary N) is 1. The van der Waals surface area contributed by atoms with Crippen molar-refractivity contribution in [3.05, 3.63) is 94.5 Å². The number of rotatable bonds is 4. The molecular weight excluding hydrogens is 440 g/mol. The van der Waals surface area contributed by atoms with E-state index >= 15 is 0 Å². The monoisotopic (exact) mass is 468 g/mol. The molecule has 3 N–H and O–H groups in total. The summed E-state index contributed by atoms with van der Waals surface area (Å²) in [6.07, 6.45) is -1.07. The maximum Gasteiger partial charge on any atom is 0.319 e. The lowest BCUT2D eigenvalue weighted by atomic mass is 9.84. The van der Waals surface area contributed by atoms with E-state index < -0.39 is 23.8 Å². The first kappa shape index (κ1) is 22.9. The summed E-state index contributed by atoms with van der Waals surface area (Å²) in [5.41, 5.74) is 10.1. The van der Waals surface area contributed by atoms with Crippen LogP contribution >= 0.6 is 0 Å². The second kappa shape index (κ2) is 8.73. The van der Waals surface area contributed by atoms with Gasteiger partial charge in [-0.2, -0.15) is 5.26 Å². The zero-order chi connectivity index (χ0) is 24.7. The van der Waals surface area contributed by atoms with Crippen LogP contribution in [0.1, 0.15) is 47.7 Å². The molecule has 2 atom stereocenters. The quantitative estimate of drug-likeness (QED) is 0.596. The molecule has 2 aliphatic heterocycles. The first-order valence-corrected chi connectivity index (χ1v) is 11.6. The van der Waals surface area contributed by atoms with E-state index in [0.717, 1.165) is 25.2 Å². The molecule has 3 aromatic rings. The highest BCUT2D eigenvalue weighted by molar-refractivity contribution is 5.92. The Morgan fingerprint density at radius 1 is 1.14 bits per heavy atom. The van der Waals surface area contributed by atoms with Gasteiger partial charge in [-0.25, -0.2) is 4.79 Å². The van der Waals surface area contributed by atoms with Gasteiger partial charge in [0.05, 0.1) is 17.7 Å². The largest absolute Gasteiger partial charge is 0.485 e. The maximum absolute atomic E-state index is 12.8. The number of urea groups is 1. The minimum atomic E-state index is -1.07. The van der Waals surface area contributed by atoms with Gasteiger partial charge in [0.1, 0.15) is 17.5 Å². The van der Waals surface area contributed by atoms with Gasteiger partial charge in [0.15, 0.2) is 0 Å². The van der Waals surface area contributed by atoms with E-state index in [4.69, 9.17) is 10.5 Å². The molecule has 5 rings (SSSR count). The molecule has 7 heteroatoms. The minimum Gasteiger partial charge on any atom is -0.485 e. The lowest BCUT2D eigenvalue weighted by molar-refractivity contribution is -0.0571. The zero-order valence-electron chi connectivity index (χ0n) is 19.8. The maximum atomic E-state index is 12.8. The first-order chi connectivity index (χ1) is 16.8. The van der Waals surface area contributed by atoms with Crippen LogP contribution in [0.5, 0.6) is 5.75 Å². The van der Waals surface area contributed by atoms with Crippen molar-refractivity contribution in [1.82, 2.24) is 4.90 Å². The number of hydrogen-bond acceptors (Lipinski definition) is 5. The van der Waals surface area contributed by atoms with Crippen LogP contribution < -0.4 is 15.4 Å². The summed E-state index contributed by atoms with van der Waals surface area (Å²) in [4.78, 5) is 16.6. The molecule has 35 heavy (non-hydrogen) atoms. The van der Waals surface area contributed by atoms with Gasteiger partial charge in [0.2, 0.25) is 0 Å². The zero-order valence-corrected chi connectivity index (χ0v) is 19.8. The molecule has 2 amide bonds. The molecule has 0 saturated heterocycles. The second-order valence-electron chi connectivity index (χ2n) is 9.75. The van der Waals surface area contributed by atoms with Crippen molar-refractivity contribution in [2.24, 2.45) is 5.73 Å². The number of anilines is 1. The molecule has 2 heterocycles. The molecular formula is C28H28N4O3. The third-order valence-corrected chi connectivity index (χ3v) is 6.86. The van der Waals surface area contributed by atoms with E-state index in [0.29, 0.717) is 22.6 Å². The summed E-state index contributed by atoms with van der Waals surface area (Å²) >= 11 is 0. The van der Waals surface area contributed by atoms with Gasteiger partial charge in [-0.3, -0.25) is 9.80 Å². The Hall–Kier alpha value is -3.86. The Labute approximate surface area is 205 Å². The molecule has 0 spiro atoms. The number of aliphatic hydroxyl groups excluding tert-OH is 1. The SMILES string of the molecule is CC1(C)Oc2ccc(C#N)cc2[C@H](N(C(N)=O)c2ccc3c(c2)CN(Cc2ccccc2)C3)[C@@H]1O. The summed E-state index contributed by atoms with van der Waals surface area (Å²) in [7, 11) is 0. The highest BCUT2D eigenvalue weighted by Crippen LogP contribution is 2.45. The average molecular weight is 469 g/mol. The van der Waals surface area contributed by atoms with Crippen molar-refractivity contribution in [3.8, 4) is 11.8 Å². The minimum absolute atomic E-state index is 0.416. The molecule has 0 unspecified atom stereocenters. The lowest BCUT2D eigenvalue weighted by Crippen LogP contribution is -2.56. The number of nitrogens with zero attached hydrogens (tertiary/aromatic N) is 3. The number of carbonyl (C=O) groups is 1. The molecule has 178 valence electrons. The Kier molecular flexibility index (Phi) is 5.72. The molecule has 0 bridgehead atoms. The number of nitriles is 1. The fourth-order valence-electron chi connectivity index (χ4n) is 5.10. The topological polar surface area (TPSA) is 103 Å². The molecule has 2 aliphatic rings. The van der Waals surface area contributed by atoms with Gasteiger partial charge >= 0.3 is 6.03 Å². The van der Waals surface area contributed by atoms with E-state index in [1.807, 2.05) is 36.4 Å². The number of benzene rings is 3. The molecule has 3 aromatic carbocycles. The van der Waals surface area contributed by atoms with Gasteiger partial charge in [-0.05, 0) is 60.9 Å². The van der Waals surface area contributed by atoms with Crippen LogP contribution in [-0.4, -0.2) is 27.7 Å². The molecule has 0 radical (unpaired) electrons. The van der Waals surface area contributed by atoms with E-state index in [9.17, 15) is 15.2 Å². The van der Waals surface area contributed by atoms with Gasteiger partial charge in [-0.15, -0.1) is 0 Å². The van der Waals surface area contributed by atoms with Crippen LogP contribution in [0.25, 0.3) is 0 Å². The average Bonchev–Trinajstić information content (AvgIpc) is 3.23. The number of amides is 2. The van der Waals surface area contributed by atoms with E-state index in [1.165, 1.54) is 16.0 Å². The summed E-state index contributed by atoms with van der Waals surface area (Å²) < 4.78 is 6.03. The summed E-state index contributed by atoms with van der Waals surface area (Å²) in [5, 5.41) is 20.8. The number of ether oxygens (including phenoxy) is 1. The van der Waals surface area contributed by atoms with Gasteiger partial charge in [0.25, 0.3) is 0 Å². The van der Waals surface area contributed by atoms with E-state index in [1.54, 1.807) is 32.0 Å². The molecule has 0 fully saturated rings. The normalized spacial score (nSPS) is 20.3. The van der Waals surface area contributed by atoms with Crippen molar-refractivity contribution in [1.29, 1.82) is 5.26 Å². The van der Waals surface area contributed by atoms with Crippen molar-refractivity contribution < 1.29 is 14.6 Å². The van der Waals surface area contributed by atoms with Crippen molar-refractivity contribution in [2.45, 2.75) is 51.2 Å². The van der Waals surface area contributed by atoms with Crippen molar-refractivity contribution in [2.75, 3.05) is 4.90 Å². The van der Waals surface area contributed by atoms with E-state index in [-0.39, 0.29) is 0 Å². The van der Waals surface area contributed by atoms with Crippen LogP contribution in [0.15, 0.2) is 66.7 Å². The van der Waals surface area contributed by atoms with E-state index in [2.05, 4.69) is 23.1 Å². The van der Waals surface area contributed by atoms with Crippen LogP contribution in [0.2, 0.25) is 0 Å². The van der Waals surface area contributed by atoms with Crippen LogP contribution in [0.3, 0.4) is 0 Å². The van der Waals surface area contributed by atoms with Gasteiger partial charge in [0, 0.05) is 30.9 Å². The van der Waals surface area contributed by atoms with Crippen molar-refractivity contribution in [3.63, 3.8) is 0 Å². The Morgan fingerprint density at radius 3 is 2.60 bits per heavy atom. The Morgan fingerprint density at radius 2 is 1.89 bits per heavy atom. The molecule has 7 nitrogen and oxygen atoms in total.